The quantitative estimate of drug-likeness (QED) is 0.140. The minimum atomic E-state index is -4.74. The van der Waals surface area contributed by atoms with Gasteiger partial charge in [0, 0.05) is 40.3 Å². The van der Waals surface area contributed by atoms with E-state index < -0.39 is 73.3 Å². The Balaban J connectivity index is 1.49. The van der Waals surface area contributed by atoms with Gasteiger partial charge in [0.15, 0.2) is 0 Å². The van der Waals surface area contributed by atoms with Gasteiger partial charge in [-0.25, -0.2) is 4.79 Å². The Morgan fingerprint density at radius 1 is 0.967 bits per heavy atom. The van der Waals surface area contributed by atoms with Crippen molar-refractivity contribution in [2.24, 2.45) is 23.7 Å². The van der Waals surface area contributed by atoms with Gasteiger partial charge >= 0.3 is 13.7 Å². The van der Waals surface area contributed by atoms with Gasteiger partial charge in [-0.1, -0.05) is 71.4 Å². The molecule has 0 spiro atoms. The minimum Gasteiger partial charge on any atom is -0.444 e. The normalized spacial score (nSPS) is 23.8. The van der Waals surface area contributed by atoms with Gasteiger partial charge in [-0.05, 0) is 76.2 Å². The topological polar surface area (TPSA) is 204 Å². The number of carbonyl (C=O) groups is 5. The third-order valence-corrected chi connectivity index (χ3v) is 14.1. The first kappa shape index (κ1) is 50.1. The number of rotatable bonds is 19. The lowest BCUT2D eigenvalue weighted by Gasteiger charge is -2.41. The molecule has 3 aliphatic rings. The number of likely N-dealkylation sites (N-methyl/N-ethyl adjacent to an activating group) is 1. The Kier molecular flexibility index (Phi) is 17.4. The number of likely N-dealkylation sites (tertiary alicyclic amines) is 2. The highest BCUT2D eigenvalue weighted by Gasteiger charge is 2.53. The summed E-state index contributed by atoms with van der Waals surface area (Å²) in [4.78, 5) is 95.0. The van der Waals surface area contributed by atoms with Gasteiger partial charge in [0.1, 0.15) is 23.5 Å². The number of hydrogen-bond donors (Lipinski definition) is 4. The van der Waals surface area contributed by atoms with Gasteiger partial charge in [-0.2, -0.15) is 0 Å². The van der Waals surface area contributed by atoms with Crippen molar-refractivity contribution in [1.29, 1.82) is 0 Å². The average Bonchev–Trinajstić information content (AvgIpc) is 3.96. The van der Waals surface area contributed by atoms with Gasteiger partial charge in [-0.15, -0.1) is 0 Å². The van der Waals surface area contributed by atoms with E-state index in [2.05, 4.69) is 10.6 Å². The molecule has 16 nitrogen and oxygen atoms in total. The summed E-state index contributed by atoms with van der Waals surface area (Å²) in [7, 11) is -0.111. The minimum absolute atomic E-state index is 0.0318. The molecule has 0 aromatic heterocycles. The number of methoxy groups -OCH3 is 2. The number of piperidine rings is 1. The van der Waals surface area contributed by atoms with E-state index >= 15 is 0 Å². The molecule has 3 fully saturated rings. The molecule has 5 amide bonds. The van der Waals surface area contributed by atoms with Crippen molar-refractivity contribution in [2.75, 3.05) is 27.8 Å². The van der Waals surface area contributed by atoms with Gasteiger partial charge in [0.2, 0.25) is 23.6 Å². The molecule has 61 heavy (non-hydrogen) atoms. The van der Waals surface area contributed by atoms with Crippen molar-refractivity contribution in [1.82, 2.24) is 25.3 Å². The highest BCUT2D eigenvalue weighted by Crippen LogP contribution is 2.44. The molecule has 0 radical (unpaired) electrons. The fraction of sp³-hybridized carbons (Fsp3) is 0.750. The molecule has 2 unspecified atom stereocenters. The number of benzene rings is 1. The Hall–Kier alpha value is -3.56. The Morgan fingerprint density at radius 3 is 2.18 bits per heavy atom. The highest BCUT2D eigenvalue weighted by molar-refractivity contribution is 7.52. The SMILES string of the molecule is CC[C@H](C)[C@@H]([C@@H](CC(=O)N1CCCC1[C@H](OC)[C@@H](C)C(=O)N[C@@H](Cc1ccccc1)P(=O)(O)O)OC)N(C)C(=O)C(NC(=O)[C@@H]1[C@H]2CC[C@H](C2)N1C(=O)OC(C)(C)C)C(C)C. The van der Waals surface area contributed by atoms with Crippen molar-refractivity contribution < 1.29 is 52.5 Å². The summed E-state index contributed by atoms with van der Waals surface area (Å²) in [6.45, 7) is 15.1. The van der Waals surface area contributed by atoms with Crippen LogP contribution in [0.4, 0.5) is 4.79 Å². The molecule has 2 bridgehead atoms. The predicted molar refractivity (Wildman–Crippen MR) is 230 cm³/mol. The summed E-state index contributed by atoms with van der Waals surface area (Å²) in [6, 6.07) is 5.92. The third-order valence-electron chi connectivity index (χ3n) is 12.9. The molecule has 4 rings (SSSR count). The summed E-state index contributed by atoms with van der Waals surface area (Å²) >= 11 is 0. The van der Waals surface area contributed by atoms with Crippen LogP contribution in [0, 0.1) is 23.7 Å². The molecule has 11 atom stereocenters. The molecule has 2 heterocycles. The zero-order valence-electron chi connectivity index (χ0n) is 38.0. The lowest BCUT2D eigenvalue weighted by molar-refractivity contribution is -0.148. The Labute approximate surface area is 362 Å². The van der Waals surface area contributed by atoms with Crippen molar-refractivity contribution >= 4 is 37.3 Å². The molecular formula is C44H72N5O11P. The molecule has 2 aliphatic heterocycles. The van der Waals surface area contributed by atoms with Crippen LogP contribution in [0.1, 0.15) is 106 Å². The second-order valence-corrected chi connectivity index (χ2v) is 20.5. The monoisotopic (exact) mass is 877 g/mol. The Morgan fingerprint density at radius 2 is 1.62 bits per heavy atom. The summed E-state index contributed by atoms with van der Waals surface area (Å²) in [6.07, 6.45) is 1.96. The second kappa shape index (κ2) is 21.2. The van der Waals surface area contributed by atoms with Crippen LogP contribution in [0.25, 0.3) is 0 Å². The predicted octanol–water partition coefficient (Wildman–Crippen LogP) is 4.70. The van der Waals surface area contributed by atoms with E-state index in [9.17, 15) is 38.3 Å². The molecule has 2 saturated heterocycles. The third kappa shape index (κ3) is 12.3. The van der Waals surface area contributed by atoms with E-state index in [4.69, 9.17) is 14.2 Å². The zero-order valence-corrected chi connectivity index (χ0v) is 38.9. The first-order chi connectivity index (χ1) is 28.5. The van der Waals surface area contributed by atoms with Crippen LogP contribution in [-0.4, -0.2) is 136 Å². The summed E-state index contributed by atoms with van der Waals surface area (Å²) in [5, 5.41) is 5.58. The molecule has 4 N–H and O–H groups in total. The van der Waals surface area contributed by atoms with E-state index in [1.54, 1.807) is 79.8 Å². The summed E-state index contributed by atoms with van der Waals surface area (Å²) in [5.74, 6) is -4.36. The molecule has 344 valence electrons. The summed E-state index contributed by atoms with van der Waals surface area (Å²) in [5.41, 5.74) is -0.0789. The number of nitrogens with zero attached hydrogens (tertiary/aromatic N) is 3. The van der Waals surface area contributed by atoms with Crippen molar-refractivity contribution in [3.05, 3.63) is 35.9 Å². The van der Waals surface area contributed by atoms with E-state index in [0.29, 0.717) is 37.8 Å². The van der Waals surface area contributed by atoms with Crippen LogP contribution in [0.2, 0.25) is 0 Å². The largest absolute Gasteiger partial charge is 0.444 e. The van der Waals surface area contributed by atoms with Gasteiger partial charge < -0.3 is 44.4 Å². The van der Waals surface area contributed by atoms with Gasteiger partial charge in [0.25, 0.3) is 0 Å². The van der Waals surface area contributed by atoms with Crippen LogP contribution in [0.5, 0.6) is 0 Å². The number of amides is 5. The number of fused-ring (bicyclic) bond motifs is 2. The fourth-order valence-electron chi connectivity index (χ4n) is 9.57. The molecule has 17 heteroatoms. The molecule has 1 aromatic rings. The van der Waals surface area contributed by atoms with Crippen LogP contribution in [0.15, 0.2) is 30.3 Å². The van der Waals surface area contributed by atoms with Gasteiger partial charge in [0.05, 0.1) is 36.6 Å². The van der Waals surface area contributed by atoms with Crippen LogP contribution in [-0.2, 0) is 44.4 Å². The maximum absolute atomic E-state index is 14.5. The second-order valence-electron chi connectivity index (χ2n) is 18.7. The molecule has 1 aliphatic carbocycles. The molecule has 1 aromatic carbocycles. The van der Waals surface area contributed by atoms with E-state index in [1.807, 2.05) is 27.7 Å². The average molecular weight is 878 g/mol. The number of ether oxygens (including phenoxy) is 3. The number of nitrogens with one attached hydrogen (secondary N) is 2. The Bertz CT molecular complexity index is 1720. The van der Waals surface area contributed by atoms with Crippen LogP contribution < -0.4 is 10.6 Å². The van der Waals surface area contributed by atoms with Crippen LogP contribution >= 0.6 is 7.60 Å². The first-order valence-electron chi connectivity index (χ1n) is 21.9. The van der Waals surface area contributed by atoms with Crippen molar-refractivity contribution in [2.45, 2.75) is 161 Å². The van der Waals surface area contributed by atoms with Crippen molar-refractivity contribution in [3.63, 3.8) is 0 Å². The standard InChI is InChI=1S/C44H72N5O11P/c1-12-27(4)37(47(9)42(53)36(26(2)3)46-41(52)38-30-20-21-31(24-30)49(38)43(54)60-44(6,7)8)33(58-10)25-35(50)48-22-16-19-32(48)39(59-11)28(5)40(51)45-34(61(55,56)57)23-29-17-14-13-15-18-29/h13-15,17-18,26-28,30-34,36-39H,12,16,19-25H2,1-11H3,(H,45,51)(H,46,52)(H2,55,56,57)/t27-,28+,30-,31+,32?,33+,34+,36?,37-,38-,39+/m0/s1. The van der Waals surface area contributed by atoms with E-state index in [0.717, 1.165) is 12.8 Å². The maximum Gasteiger partial charge on any atom is 0.411 e. The fourth-order valence-corrected chi connectivity index (χ4v) is 10.3. The number of carbonyl (C=O) groups excluding carboxylic acids is 5. The van der Waals surface area contributed by atoms with Crippen LogP contribution in [0.3, 0.4) is 0 Å². The zero-order chi connectivity index (χ0) is 45.6. The van der Waals surface area contributed by atoms with E-state index in [1.165, 1.54) is 14.2 Å². The summed E-state index contributed by atoms with van der Waals surface area (Å²) < 4.78 is 30.1. The number of hydrogen-bond acceptors (Lipinski definition) is 9. The van der Waals surface area contributed by atoms with Crippen molar-refractivity contribution in [3.8, 4) is 0 Å². The molecular weight excluding hydrogens is 805 g/mol. The lowest BCUT2D eigenvalue weighted by atomic mass is 9.89. The first-order valence-corrected chi connectivity index (χ1v) is 23.5. The lowest BCUT2D eigenvalue weighted by Crippen LogP contribution is -2.61. The van der Waals surface area contributed by atoms with E-state index in [-0.39, 0.29) is 54.4 Å². The highest BCUT2D eigenvalue weighted by atomic mass is 31.2. The molecule has 1 saturated carbocycles. The van der Waals surface area contributed by atoms with Gasteiger partial charge in [-0.3, -0.25) is 28.6 Å². The maximum atomic E-state index is 14.5. The smallest absolute Gasteiger partial charge is 0.411 e.